The second-order valence-corrected chi connectivity index (χ2v) is 5.60. The largest absolute Gasteiger partial charge is 0.493 e. The molecule has 21 heavy (non-hydrogen) atoms. The van der Waals surface area contributed by atoms with Gasteiger partial charge in [0.15, 0.2) is 0 Å². The molecule has 1 aliphatic rings. The van der Waals surface area contributed by atoms with Crippen LogP contribution in [0.3, 0.4) is 0 Å². The topological polar surface area (TPSA) is 21.3 Å². The van der Waals surface area contributed by atoms with Gasteiger partial charge in [-0.1, -0.05) is 36.4 Å². The average molecular weight is 281 g/mol. The molecule has 0 aromatic heterocycles. The Morgan fingerprint density at radius 3 is 2.76 bits per heavy atom. The minimum atomic E-state index is 0.809. The van der Waals surface area contributed by atoms with Crippen LogP contribution < -0.4 is 10.1 Å². The number of hydrogen-bond acceptors (Lipinski definition) is 2. The quantitative estimate of drug-likeness (QED) is 0.790. The van der Waals surface area contributed by atoms with Crippen molar-refractivity contribution in [1.82, 2.24) is 0 Å². The van der Waals surface area contributed by atoms with E-state index in [-0.39, 0.29) is 0 Å². The first-order chi connectivity index (χ1) is 10.4. The van der Waals surface area contributed by atoms with E-state index < -0.39 is 0 Å². The van der Waals surface area contributed by atoms with Crippen LogP contribution in [-0.4, -0.2) is 13.2 Å². The molecule has 0 saturated carbocycles. The molecule has 110 valence electrons. The fourth-order valence-corrected chi connectivity index (χ4v) is 2.87. The maximum absolute atomic E-state index is 6.00. The lowest BCUT2D eigenvalue weighted by Gasteiger charge is -2.21. The number of hydrogen-bond donors (Lipinski definition) is 1. The molecule has 2 heteroatoms. The van der Waals surface area contributed by atoms with Crippen molar-refractivity contribution >= 4 is 5.69 Å². The summed E-state index contributed by atoms with van der Waals surface area (Å²) in [6, 6.07) is 17.0. The Balaban J connectivity index is 1.45. The number of ether oxygens (including phenoxy) is 1. The average Bonchev–Trinajstić information content (AvgIpc) is 2.56. The smallest absolute Gasteiger partial charge is 0.124 e. The number of unbranched alkanes of at least 4 members (excludes halogenated alkanes) is 1. The highest BCUT2D eigenvalue weighted by Gasteiger charge is 2.12. The van der Waals surface area contributed by atoms with Crippen molar-refractivity contribution in [1.29, 1.82) is 0 Å². The number of fused-ring (bicyclic) bond motifs is 1. The summed E-state index contributed by atoms with van der Waals surface area (Å²) in [7, 11) is 0. The highest BCUT2D eigenvalue weighted by atomic mass is 16.5. The van der Waals surface area contributed by atoms with Gasteiger partial charge in [0.25, 0.3) is 0 Å². The molecular formula is C19H23NO. The van der Waals surface area contributed by atoms with Gasteiger partial charge in [0.2, 0.25) is 0 Å². The molecular weight excluding hydrogens is 258 g/mol. The monoisotopic (exact) mass is 281 g/mol. The molecule has 1 aliphatic heterocycles. The first-order valence-electron chi connectivity index (χ1n) is 7.96. The van der Waals surface area contributed by atoms with Crippen LogP contribution in [0.1, 0.15) is 30.4 Å². The molecule has 0 saturated heterocycles. The Labute approximate surface area is 127 Å². The van der Waals surface area contributed by atoms with Crippen molar-refractivity contribution in [3.63, 3.8) is 0 Å². The molecule has 2 nitrogen and oxygen atoms in total. The van der Waals surface area contributed by atoms with E-state index in [4.69, 9.17) is 4.74 Å². The van der Waals surface area contributed by atoms with E-state index >= 15 is 0 Å². The molecule has 2 aromatic rings. The van der Waals surface area contributed by atoms with Gasteiger partial charge in [-0.15, -0.1) is 0 Å². The lowest BCUT2D eigenvalue weighted by atomic mass is 10.0. The van der Waals surface area contributed by atoms with Crippen LogP contribution in [0.25, 0.3) is 0 Å². The van der Waals surface area contributed by atoms with Crippen LogP contribution in [0.4, 0.5) is 5.69 Å². The van der Waals surface area contributed by atoms with E-state index in [9.17, 15) is 0 Å². The Hall–Kier alpha value is -1.96. The van der Waals surface area contributed by atoms with E-state index in [1.807, 2.05) is 0 Å². The van der Waals surface area contributed by atoms with Crippen LogP contribution in [0.5, 0.6) is 5.75 Å². The van der Waals surface area contributed by atoms with Crippen molar-refractivity contribution in [2.45, 2.75) is 32.1 Å². The van der Waals surface area contributed by atoms with Crippen LogP contribution in [0.15, 0.2) is 48.5 Å². The molecule has 0 fully saturated rings. The maximum atomic E-state index is 6.00. The third-order valence-electron chi connectivity index (χ3n) is 4.01. The van der Waals surface area contributed by atoms with Gasteiger partial charge in [0.05, 0.1) is 6.61 Å². The summed E-state index contributed by atoms with van der Waals surface area (Å²) < 4.78 is 6.00. The van der Waals surface area contributed by atoms with Crippen molar-refractivity contribution in [3.8, 4) is 5.75 Å². The molecule has 0 unspecified atom stereocenters. The van der Waals surface area contributed by atoms with Crippen molar-refractivity contribution < 1.29 is 4.74 Å². The summed E-state index contributed by atoms with van der Waals surface area (Å²) in [6.45, 7) is 1.89. The van der Waals surface area contributed by atoms with Gasteiger partial charge in [-0.3, -0.25) is 0 Å². The van der Waals surface area contributed by atoms with E-state index in [1.54, 1.807) is 0 Å². The van der Waals surface area contributed by atoms with Crippen LogP contribution in [0.2, 0.25) is 0 Å². The summed E-state index contributed by atoms with van der Waals surface area (Å²) in [4.78, 5) is 0. The molecule has 0 radical (unpaired) electrons. The number of anilines is 1. The third-order valence-corrected chi connectivity index (χ3v) is 4.01. The summed E-state index contributed by atoms with van der Waals surface area (Å²) in [6.07, 6.45) is 5.74. The maximum Gasteiger partial charge on any atom is 0.124 e. The Morgan fingerprint density at radius 2 is 1.86 bits per heavy atom. The van der Waals surface area contributed by atoms with Crippen LogP contribution >= 0.6 is 0 Å². The molecule has 1 N–H and O–H groups in total. The van der Waals surface area contributed by atoms with Crippen molar-refractivity contribution in [3.05, 3.63) is 59.7 Å². The molecule has 0 bridgehead atoms. The van der Waals surface area contributed by atoms with E-state index in [1.165, 1.54) is 29.7 Å². The predicted molar refractivity (Wildman–Crippen MR) is 88.1 cm³/mol. The number of benzene rings is 2. The lowest BCUT2D eigenvalue weighted by molar-refractivity contribution is 0.303. The highest BCUT2D eigenvalue weighted by Crippen LogP contribution is 2.30. The summed E-state index contributed by atoms with van der Waals surface area (Å²) in [5, 5.41) is 3.45. The van der Waals surface area contributed by atoms with Gasteiger partial charge in [0, 0.05) is 17.8 Å². The molecule has 2 aromatic carbocycles. The van der Waals surface area contributed by atoms with Crippen molar-refractivity contribution in [2.24, 2.45) is 0 Å². The zero-order valence-corrected chi connectivity index (χ0v) is 12.5. The minimum absolute atomic E-state index is 0.809. The zero-order chi connectivity index (χ0) is 14.3. The number of nitrogens with one attached hydrogen (secondary N) is 1. The van der Waals surface area contributed by atoms with Crippen LogP contribution in [0, 0.1) is 0 Å². The van der Waals surface area contributed by atoms with Gasteiger partial charge in [-0.2, -0.15) is 0 Å². The standard InChI is InChI=1S/C19H23NO/c1-2-8-16(9-3-1)10-4-5-15-21-19-13-6-12-18-17(19)11-7-14-20-18/h1-3,6,8-9,12-13,20H,4-5,7,10-11,14-15H2. The Bertz CT molecular complexity index is 565. The van der Waals surface area contributed by atoms with Crippen molar-refractivity contribution in [2.75, 3.05) is 18.5 Å². The zero-order valence-electron chi connectivity index (χ0n) is 12.5. The number of aryl methyl sites for hydroxylation is 1. The predicted octanol–water partition coefficient (Wildman–Crippen LogP) is 4.45. The summed E-state index contributed by atoms with van der Waals surface area (Å²) in [5.74, 6) is 1.07. The minimum Gasteiger partial charge on any atom is -0.493 e. The van der Waals surface area contributed by atoms with Gasteiger partial charge >= 0.3 is 0 Å². The normalized spacial score (nSPS) is 13.3. The molecule has 0 spiro atoms. The molecule has 0 atom stereocenters. The highest BCUT2D eigenvalue weighted by molar-refractivity contribution is 5.59. The van der Waals surface area contributed by atoms with Gasteiger partial charge in [-0.25, -0.2) is 0 Å². The first-order valence-corrected chi connectivity index (χ1v) is 7.96. The van der Waals surface area contributed by atoms with E-state index in [2.05, 4.69) is 53.8 Å². The molecule has 1 heterocycles. The number of rotatable bonds is 6. The van der Waals surface area contributed by atoms with Crippen LogP contribution in [-0.2, 0) is 12.8 Å². The molecule has 0 aliphatic carbocycles. The molecule has 3 rings (SSSR count). The fourth-order valence-electron chi connectivity index (χ4n) is 2.87. The SMILES string of the molecule is c1ccc(CCCCOc2cccc3c2CCCN3)cc1. The lowest BCUT2D eigenvalue weighted by Crippen LogP contribution is -2.13. The Morgan fingerprint density at radius 1 is 0.952 bits per heavy atom. The summed E-state index contributed by atoms with van der Waals surface area (Å²) >= 11 is 0. The fraction of sp³-hybridized carbons (Fsp3) is 0.368. The Kier molecular flexibility index (Phi) is 4.78. The molecule has 0 amide bonds. The second-order valence-electron chi connectivity index (χ2n) is 5.60. The summed E-state index contributed by atoms with van der Waals surface area (Å²) in [5.41, 5.74) is 4.02. The van der Waals surface area contributed by atoms with Gasteiger partial charge in [-0.05, 0) is 49.8 Å². The van der Waals surface area contributed by atoms with E-state index in [0.29, 0.717) is 0 Å². The first kappa shape index (κ1) is 14.0. The van der Waals surface area contributed by atoms with E-state index in [0.717, 1.165) is 38.2 Å². The van der Waals surface area contributed by atoms with Gasteiger partial charge in [0.1, 0.15) is 5.75 Å². The second kappa shape index (κ2) is 7.16. The van der Waals surface area contributed by atoms with Gasteiger partial charge < -0.3 is 10.1 Å². The third kappa shape index (κ3) is 3.78.